The highest BCUT2D eigenvalue weighted by molar-refractivity contribution is 5.79. The number of piperazine rings is 1. The first-order chi connectivity index (χ1) is 13.8. The van der Waals surface area contributed by atoms with E-state index in [9.17, 15) is 4.79 Å². The van der Waals surface area contributed by atoms with Crippen molar-refractivity contribution in [1.29, 1.82) is 0 Å². The predicted octanol–water partition coefficient (Wildman–Crippen LogP) is 3.33. The van der Waals surface area contributed by atoms with E-state index in [1.165, 1.54) is 11.1 Å². The van der Waals surface area contributed by atoms with Crippen LogP contribution in [0.3, 0.4) is 0 Å². The number of carbonyl (C=O) groups excluding carboxylic acids is 1. The molecular formula is C23H23N3O2. The fraction of sp³-hybridized carbons (Fsp3) is 0.304. The topological polar surface area (TPSA) is 49.6 Å². The molecule has 2 aliphatic heterocycles. The standard InChI is InChI=1S/C23H23N3O2/c27-23(15-19-14-22(28-24-19)18-7-2-1-3-8-18)26-13-12-25-11-10-17-6-4-5-9-20(17)21(25)16-26/h1-9,14,21H,10-13,15-16H2. The summed E-state index contributed by atoms with van der Waals surface area (Å²) in [6.07, 6.45) is 1.38. The number of amides is 1. The van der Waals surface area contributed by atoms with Gasteiger partial charge in [-0.2, -0.15) is 0 Å². The maximum atomic E-state index is 12.9. The molecule has 3 heterocycles. The fourth-order valence-electron chi connectivity index (χ4n) is 4.36. The van der Waals surface area contributed by atoms with E-state index < -0.39 is 0 Å². The first-order valence-corrected chi connectivity index (χ1v) is 9.88. The van der Waals surface area contributed by atoms with E-state index in [-0.39, 0.29) is 12.3 Å². The van der Waals surface area contributed by atoms with Gasteiger partial charge in [0.2, 0.25) is 5.91 Å². The molecule has 3 aromatic rings. The van der Waals surface area contributed by atoms with Crippen molar-refractivity contribution in [3.05, 3.63) is 77.5 Å². The Bertz CT molecular complexity index is 982. The largest absolute Gasteiger partial charge is 0.356 e. The van der Waals surface area contributed by atoms with Gasteiger partial charge in [-0.3, -0.25) is 9.69 Å². The van der Waals surface area contributed by atoms with Crippen LogP contribution in [0.25, 0.3) is 11.3 Å². The van der Waals surface area contributed by atoms with Crippen molar-refractivity contribution in [2.75, 3.05) is 26.2 Å². The van der Waals surface area contributed by atoms with Crippen LogP contribution in [0.5, 0.6) is 0 Å². The third-order valence-corrected chi connectivity index (χ3v) is 5.88. The molecule has 1 fully saturated rings. The van der Waals surface area contributed by atoms with Crippen molar-refractivity contribution >= 4 is 5.91 Å². The lowest BCUT2D eigenvalue weighted by Crippen LogP contribution is -2.52. The minimum absolute atomic E-state index is 0.121. The molecule has 0 saturated carbocycles. The van der Waals surface area contributed by atoms with Crippen LogP contribution in [-0.4, -0.2) is 47.0 Å². The van der Waals surface area contributed by atoms with Crippen molar-refractivity contribution in [1.82, 2.24) is 15.0 Å². The average Bonchev–Trinajstić information content (AvgIpc) is 3.22. The molecule has 0 spiro atoms. The van der Waals surface area contributed by atoms with Crippen LogP contribution in [0, 0.1) is 0 Å². The second kappa shape index (κ2) is 7.24. The molecule has 5 rings (SSSR count). The molecule has 5 heteroatoms. The van der Waals surface area contributed by atoms with Gasteiger partial charge in [0, 0.05) is 37.8 Å². The number of aromatic nitrogens is 1. The van der Waals surface area contributed by atoms with Gasteiger partial charge in [-0.05, 0) is 17.5 Å². The van der Waals surface area contributed by atoms with Crippen molar-refractivity contribution in [3.63, 3.8) is 0 Å². The number of benzene rings is 2. The first kappa shape index (κ1) is 17.2. The number of hydrogen-bond acceptors (Lipinski definition) is 4. The summed E-state index contributed by atoms with van der Waals surface area (Å²) in [5, 5.41) is 4.11. The van der Waals surface area contributed by atoms with E-state index in [0.717, 1.165) is 38.2 Å². The third-order valence-electron chi connectivity index (χ3n) is 5.88. The van der Waals surface area contributed by atoms with Crippen LogP contribution >= 0.6 is 0 Å². The highest BCUT2D eigenvalue weighted by Crippen LogP contribution is 2.32. The molecule has 2 aromatic carbocycles. The molecule has 1 unspecified atom stereocenters. The highest BCUT2D eigenvalue weighted by atomic mass is 16.5. The maximum absolute atomic E-state index is 12.9. The minimum atomic E-state index is 0.121. The molecule has 2 aliphatic rings. The average molecular weight is 373 g/mol. The van der Waals surface area contributed by atoms with E-state index in [1.807, 2.05) is 41.3 Å². The summed E-state index contributed by atoms with van der Waals surface area (Å²) in [6.45, 7) is 3.53. The van der Waals surface area contributed by atoms with Gasteiger partial charge in [0.15, 0.2) is 5.76 Å². The van der Waals surface area contributed by atoms with Crippen molar-refractivity contribution in [2.24, 2.45) is 0 Å². The molecule has 5 nitrogen and oxygen atoms in total. The van der Waals surface area contributed by atoms with E-state index in [4.69, 9.17) is 4.52 Å². The maximum Gasteiger partial charge on any atom is 0.228 e. The molecule has 1 saturated heterocycles. The second-order valence-corrected chi connectivity index (χ2v) is 7.57. The zero-order valence-electron chi connectivity index (χ0n) is 15.8. The van der Waals surface area contributed by atoms with E-state index in [1.54, 1.807) is 0 Å². The quantitative estimate of drug-likeness (QED) is 0.707. The summed E-state index contributed by atoms with van der Waals surface area (Å²) in [7, 11) is 0. The number of rotatable bonds is 3. The lowest BCUT2D eigenvalue weighted by Gasteiger charge is -2.44. The van der Waals surface area contributed by atoms with Gasteiger partial charge < -0.3 is 9.42 Å². The lowest BCUT2D eigenvalue weighted by atomic mass is 9.91. The Hall–Kier alpha value is -2.92. The van der Waals surface area contributed by atoms with Gasteiger partial charge in [0.05, 0.1) is 18.2 Å². The smallest absolute Gasteiger partial charge is 0.228 e. The summed E-state index contributed by atoms with van der Waals surface area (Å²) in [4.78, 5) is 17.4. The number of nitrogens with zero attached hydrogens (tertiary/aromatic N) is 3. The summed E-state index contributed by atoms with van der Waals surface area (Å²) >= 11 is 0. The molecule has 1 aromatic heterocycles. The van der Waals surface area contributed by atoms with Crippen LogP contribution in [0.2, 0.25) is 0 Å². The highest BCUT2D eigenvalue weighted by Gasteiger charge is 2.34. The van der Waals surface area contributed by atoms with Crippen LogP contribution in [0.15, 0.2) is 65.2 Å². The molecule has 0 N–H and O–H groups in total. The zero-order chi connectivity index (χ0) is 18.9. The summed E-state index contributed by atoms with van der Waals surface area (Å²) in [5.74, 6) is 0.824. The van der Waals surface area contributed by atoms with Crippen LogP contribution in [0.4, 0.5) is 0 Å². The van der Waals surface area contributed by atoms with E-state index in [2.05, 4.69) is 34.3 Å². The Morgan fingerprint density at radius 2 is 1.86 bits per heavy atom. The summed E-state index contributed by atoms with van der Waals surface area (Å²) in [6, 6.07) is 20.7. The van der Waals surface area contributed by atoms with Gasteiger partial charge in [-0.15, -0.1) is 0 Å². The van der Waals surface area contributed by atoms with Crippen molar-refractivity contribution in [2.45, 2.75) is 18.9 Å². The SMILES string of the molecule is O=C(Cc1cc(-c2ccccc2)on1)N1CCN2CCc3ccccc3C2C1. The molecule has 1 amide bonds. The minimum Gasteiger partial charge on any atom is -0.356 e. The predicted molar refractivity (Wildman–Crippen MR) is 107 cm³/mol. The normalized spacial score (nSPS) is 19.1. The number of carbonyl (C=O) groups is 1. The Morgan fingerprint density at radius 3 is 2.75 bits per heavy atom. The van der Waals surface area contributed by atoms with E-state index in [0.29, 0.717) is 17.5 Å². The third kappa shape index (κ3) is 3.22. The monoisotopic (exact) mass is 373 g/mol. The van der Waals surface area contributed by atoms with Gasteiger partial charge in [0.25, 0.3) is 0 Å². The first-order valence-electron chi connectivity index (χ1n) is 9.88. The molecule has 1 atom stereocenters. The molecule has 0 aliphatic carbocycles. The molecular weight excluding hydrogens is 350 g/mol. The Kier molecular flexibility index (Phi) is 4.45. The van der Waals surface area contributed by atoms with Crippen LogP contribution < -0.4 is 0 Å². The number of hydrogen-bond donors (Lipinski definition) is 0. The molecule has 0 bridgehead atoms. The zero-order valence-corrected chi connectivity index (χ0v) is 15.8. The van der Waals surface area contributed by atoms with E-state index >= 15 is 0 Å². The Morgan fingerprint density at radius 1 is 1.04 bits per heavy atom. The second-order valence-electron chi connectivity index (χ2n) is 7.57. The lowest BCUT2D eigenvalue weighted by molar-refractivity contribution is -0.133. The fourth-order valence-corrected chi connectivity index (χ4v) is 4.36. The number of fused-ring (bicyclic) bond motifs is 3. The van der Waals surface area contributed by atoms with Crippen LogP contribution in [0.1, 0.15) is 22.9 Å². The summed E-state index contributed by atoms with van der Waals surface area (Å²) in [5.41, 5.74) is 4.46. The Labute approximate surface area is 164 Å². The summed E-state index contributed by atoms with van der Waals surface area (Å²) < 4.78 is 5.44. The van der Waals surface area contributed by atoms with Gasteiger partial charge in [0.1, 0.15) is 0 Å². The Balaban J connectivity index is 1.29. The molecule has 142 valence electrons. The van der Waals surface area contributed by atoms with Crippen LogP contribution in [-0.2, 0) is 17.6 Å². The van der Waals surface area contributed by atoms with Gasteiger partial charge in [-0.1, -0.05) is 59.8 Å². The van der Waals surface area contributed by atoms with Crippen molar-refractivity contribution in [3.8, 4) is 11.3 Å². The van der Waals surface area contributed by atoms with Crippen molar-refractivity contribution < 1.29 is 9.32 Å². The molecule has 28 heavy (non-hydrogen) atoms. The molecule has 0 radical (unpaired) electrons. The van der Waals surface area contributed by atoms with Gasteiger partial charge in [-0.25, -0.2) is 0 Å². The van der Waals surface area contributed by atoms with Gasteiger partial charge >= 0.3 is 0 Å².